The Hall–Kier alpha value is -2.17. The Kier molecular flexibility index (Phi) is 4.22. The molecule has 1 aliphatic rings. The lowest BCUT2D eigenvalue weighted by Gasteiger charge is -2.32. The van der Waals surface area contributed by atoms with Gasteiger partial charge in [0.25, 0.3) is 5.91 Å². The second-order valence-electron chi connectivity index (χ2n) is 6.07. The lowest BCUT2D eigenvalue weighted by molar-refractivity contribution is 0.0689. The zero-order valence-corrected chi connectivity index (χ0v) is 13.2. The number of likely N-dealkylation sites (tertiary alicyclic amines) is 1. The van der Waals surface area contributed by atoms with Crippen molar-refractivity contribution < 1.29 is 4.79 Å². The van der Waals surface area contributed by atoms with Crippen LogP contribution in [0, 0.1) is 12.8 Å². The number of amides is 1. The highest BCUT2D eigenvalue weighted by molar-refractivity contribution is 5.95. The predicted molar refractivity (Wildman–Crippen MR) is 84.5 cm³/mol. The van der Waals surface area contributed by atoms with Crippen LogP contribution >= 0.6 is 0 Å². The van der Waals surface area contributed by atoms with E-state index in [0.717, 1.165) is 43.6 Å². The number of piperidine rings is 1. The highest BCUT2D eigenvalue weighted by Gasteiger charge is 2.25. The number of pyridine rings is 1. The van der Waals surface area contributed by atoms with Crippen LogP contribution in [0.1, 0.15) is 34.5 Å². The van der Waals surface area contributed by atoms with E-state index < -0.39 is 0 Å². The SMILES string of the molecule is Cc1c(C(=O)N2CCC(Cc3cccnc3)CC2)cnn1C. The van der Waals surface area contributed by atoms with Crippen molar-refractivity contribution in [2.45, 2.75) is 26.2 Å². The molecule has 0 N–H and O–H groups in total. The zero-order chi connectivity index (χ0) is 15.5. The molecule has 3 heterocycles. The Balaban J connectivity index is 1.57. The minimum Gasteiger partial charge on any atom is -0.339 e. The van der Waals surface area contributed by atoms with Gasteiger partial charge in [0.1, 0.15) is 0 Å². The number of aryl methyl sites for hydroxylation is 1. The molecule has 5 nitrogen and oxygen atoms in total. The second-order valence-corrected chi connectivity index (χ2v) is 6.07. The van der Waals surface area contributed by atoms with Gasteiger partial charge in [-0.05, 0) is 43.7 Å². The van der Waals surface area contributed by atoms with Crippen LogP contribution in [0.5, 0.6) is 0 Å². The van der Waals surface area contributed by atoms with Gasteiger partial charge in [-0.15, -0.1) is 0 Å². The molecule has 0 spiro atoms. The molecule has 0 aromatic carbocycles. The summed E-state index contributed by atoms with van der Waals surface area (Å²) in [7, 11) is 1.87. The van der Waals surface area contributed by atoms with Crippen molar-refractivity contribution in [1.82, 2.24) is 19.7 Å². The fraction of sp³-hybridized carbons (Fsp3) is 0.471. The molecule has 5 heteroatoms. The maximum absolute atomic E-state index is 12.6. The summed E-state index contributed by atoms with van der Waals surface area (Å²) in [6.07, 6.45) is 8.60. The standard InChI is InChI=1S/C17H22N4O/c1-13-16(12-19-20(13)2)17(22)21-8-5-14(6-9-21)10-15-4-3-7-18-11-15/h3-4,7,11-12,14H,5-6,8-10H2,1-2H3. The van der Waals surface area contributed by atoms with Gasteiger partial charge in [0.05, 0.1) is 11.8 Å². The predicted octanol–water partition coefficient (Wildman–Crippen LogP) is 2.22. The molecular formula is C17H22N4O. The first-order chi connectivity index (χ1) is 10.6. The van der Waals surface area contributed by atoms with Crippen LogP contribution in [0.3, 0.4) is 0 Å². The average Bonchev–Trinajstić information content (AvgIpc) is 2.88. The average molecular weight is 298 g/mol. The zero-order valence-electron chi connectivity index (χ0n) is 13.2. The second kappa shape index (κ2) is 6.30. The van der Waals surface area contributed by atoms with Crippen LogP contribution in [-0.2, 0) is 13.5 Å². The maximum atomic E-state index is 12.6. The highest BCUT2D eigenvalue weighted by atomic mass is 16.2. The summed E-state index contributed by atoms with van der Waals surface area (Å²) in [5.74, 6) is 0.758. The summed E-state index contributed by atoms with van der Waals surface area (Å²) in [4.78, 5) is 18.7. The fourth-order valence-corrected chi connectivity index (χ4v) is 3.07. The van der Waals surface area contributed by atoms with E-state index in [1.807, 2.05) is 31.1 Å². The molecule has 0 bridgehead atoms. The molecule has 0 saturated carbocycles. The number of hydrogen-bond donors (Lipinski definition) is 0. The van der Waals surface area contributed by atoms with Crippen LogP contribution in [0.2, 0.25) is 0 Å². The Morgan fingerprint density at radius 1 is 1.32 bits per heavy atom. The van der Waals surface area contributed by atoms with Crippen molar-refractivity contribution in [3.63, 3.8) is 0 Å². The first-order valence-corrected chi connectivity index (χ1v) is 7.82. The maximum Gasteiger partial charge on any atom is 0.257 e. The summed E-state index contributed by atoms with van der Waals surface area (Å²) >= 11 is 0. The summed E-state index contributed by atoms with van der Waals surface area (Å²) in [6.45, 7) is 3.60. The third-order valence-electron chi connectivity index (χ3n) is 4.61. The van der Waals surface area contributed by atoms with E-state index in [4.69, 9.17) is 0 Å². The van der Waals surface area contributed by atoms with E-state index >= 15 is 0 Å². The number of rotatable bonds is 3. The van der Waals surface area contributed by atoms with E-state index in [9.17, 15) is 4.79 Å². The van der Waals surface area contributed by atoms with Gasteiger partial charge in [0.2, 0.25) is 0 Å². The first kappa shape index (κ1) is 14.8. The largest absolute Gasteiger partial charge is 0.339 e. The molecule has 1 saturated heterocycles. The van der Waals surface area contributed by atoms with Gasteiger partial charge in [-0.2, -0.15) is 5.10 Å². The molecule has 3 rings (SSSR count). The summed E-state index contributed by atoms with van der Waals surface area (Å²) < 4.78 is 1.75. The molecule has 1 amide bonds. The molecule has 0 aliphatic carbocycles. The van der Waals surface area contributed by atoms with E-state index in [2.05, 4.69) is 16.1 Å². The molecule has 0 radical (unpaired) electrons. The van der Waals surface area contributed by atoms with Crippen molar-refractivity contribution in [2.24, 2.45) is 13.0 Å². The Bertz CT molecular complexity index is 642. The number of nitrogens with zero attached hydrogens (tertiary/aromatic N) is 4. The molecule has 1 fully saturated rings. The monoisotopic (exact) mass is 298 g/mol. The van der Waals surface area contributed by atoms with Gasteiger partial charge in [-0.3, -0.25) is 14.5 Å². The van der Waals surface area contributed by atoms with Gasteiger partial charge >= 0.3 is 0 Å². The molecule has 22 heavy (non-hydrogen) atoms. The minimum absolute atomic E-state index is 0.116. The van der Waals surface area contributed by atoms with E-state index in [1.165, 1.54) is 5.56 Å². The topological polar surface area (TPSA) is 51.0 Å². The van der Waals surface area contributed by atoms with Crippen LogP contribution in [0.25, 0.3) is 0 Å². The van der Waals surface area contributed by atoms with Crippen LogP contribution < -0.4 is 0 Å². The van der Waals surface area contributed by atoms with Crippen LogP contribution in [0.15, 0.2) is 30.7 Å². The fourth-order valence-electron chi connectivity index (χ4n) is 3.07. The Morgan fingerprint density at radius 3 is 2.68 bits per heavy atom. The quantitative estimate of drug-likeness (QED) is 0.873. The van der Waals surface area contributed by atoms with Gasteiger partial charge in [-0.25, -0.2) is 0 Å². The molecule has 2 aromatic rings. The van der Waals surface area contributed by atoms with E-state index in [1.54, 1.807) is 17.1 Å². The molecule has 116 valence electrons. The van der Waals surface area contributed by atoms with Crippen LogP contribution in [-0.4, -0.2) is 38.7 Å². The molecule has 0 atom stereocenters. The Morgan fingerprint density at radius 2 is 2.09 bits per heavy atom. The molecule has 2 aromatic heterocycles. The number of hydrogen-bond acceptors (Lipinski definition) is 3. The van der Waals surface area contributed by atoms with Crippen molar-refractivity contribution in [3.05, 3.63) is 47.5 Å². The lowest BCUT2D eigenvalue weighted by Crippen LogP contribution is -2.39. The van der Waals surface area contributed by atoms with Crippen molar-refractivity contribution in [3.8, 4) is 0 Å². The number of carbonyl (C=O) groups excluding carboxylic acids is 1. The molecular weight excluding hydrogens is 276 g/mol. The van der Waals surface area contributed by atoms with Crippen molar-refractivity contribution >= 4 is 5.91 Å². The first-order valence-electron chi connectivity index (χ1n) is 7.82. The smallest absolute Gasteiger partial charge is 0.257 e. The third-order valence-corrected chi connectivity index (χ3v) is 4.61. The summed E-state index contributed by atoms with van der Waals surface area (Å²) in [5, 5.41) is 4.17. The van der Waals surface area contributed by atoms with E-state index in [-0.39, 0.29) is 5.91 Å². The van der Waals surface area contributed by atoms with Crippen molar-refractivity contribution in [1.29, 1.82) is 0 Å². The Labute approximate surface area is 131 Å². The van der Waals surface area contributed by atoms with Gasteiger partial charge in [0, 0.05) is 38.2 Å². The minimum atomic E-state index is 0.116. The van der Waals surface area contributed by atoms with E-state index in [0.29, 0.717) is 5.92 Å². The lowest BCUT2D eigenvalue weighted by atomic mass is 9.90. The number of carbonyl (C=O) groups is 1. The molecule has 1 aliphatic heterocycles. The van der Waals surface area contributed by atoms with Crippen LogP contribution in [0.4, 0.5) is 0 Å². The third kappa shape index (κ3) is 3.03. The summed E-state index contributed by atoms with van der Waals surface area (Å²) in [5.41, 5.74) is 2.95. The summed E-state index contributed by atoms with van der Waals surface area (Å²) in [6, 6.07) is 4.11. The number of aromatic nitrogens is 3. The van der Waals surface area contributed by atoms with Gasteiger partial charge < -0.3 is 4.90 Å². The normalized spacial score (nSPS) is 16.0. The molecule has 0 unspecified atom stereocenters. The van der Waals surface area contributed by atoms with Gasteiger partial charge in [0.15, 0.2) is 0 Å². The van der Waals surface area contributed by atoms with Gasteiger partial charge in [-0.1, -0.05) is 6.07 Å². The van der Waals surface area contributed by atoms with Crippen molar-refractivity contribution in [2.75, 3.05) is 13.1 Å². The highest BCUT2D eigenvalue weighted by Crippen LogP contribution is 2.23.